The van der Waals surface area contributed by atoms with Crippen LogP contribution in [0.15, 0.2) is 82.6 Å². The van der Waals surface area contributed by atoms with Crippen LogP contribution in [0.4, 0.5) is 0 Å². The molecule has 0 fully saturated rings. The Balaban J connectivity index is 1.43. The summed E-state index contributed by atoms with van der Waals surface area (Å²) in [6.45, 7) is 2.52. The number of hydrogen-bond donors (Lipinski definition) is 1. The normalized spacial score (nSPS) is 13.0. The lowest BCUT2D eigenvalue weighted by molar-refractivity contribution is 0.174. The second kappa shape index (κ2) is 8.31. The number of aliphatic imine (C=N–C) groups is 1. The molecule has 3 heterocycles. The van der Waals surface area contributed by atoms with Crippen LogP contribution in [0.2, 0.25) is 0 Å². The Hall–Kier alpha value is -4.17. The maximum Gasteiger partial charge on any atom is 0.283 e. The summed E-state index contributed by atoms with van der Waals surface area (Å²) >= 11 is 1.47. The molecular weight excluding hydrogens is 448 g/mol. The van der Waals surface area contributed by atoms with Crippen molar-refractivity contribution in [1.82, 2.24) is 14.8 Å². The predicted octanol–water partition coefficient (Wildman–Crippen LogP) is 5.18. The molecule has 1 aliphatic heterocycles. The van der Waals surface area contributed by atoms with Crippen molar-refractivity contribution in [2.45, 2.75) is 13.5 Å². The van der Waals surface area contributed by atoms with Gasteiger partial charge in [0.15, 0.2) is 11.5 Å². The molecule has 0 bridgehead atoms. The zero-order chi connectivity index (χ0) is 23.1. The third kappa shape index (κ3) is 3.58. The molecular formula is C26H20N4O3S. The zero-order valence-corrected chi connectivity index (χ0v) is 19.1. The molecule has 0 aliphatic carbocycles. The number of H-pyrrole nitrogens is 1. The van der Waals surface area contributed by atoms with E-state index in [1.165, 1.54) is 16.0 Å². The van der Waals surface area contributed by atoms with Gasteiger partial charge in [0.05, 0.1) is 28.0 Å². The molecule has 34 heavy (non-hydrogen) atoms. The number of benzene rings is 3. The lowest BCUT2D eigenvalue weighted by Crippen LogP contribution is -2.19. The van der Waals surface area contributed by atoms with Gasteiger partial charge in [0, 0.05) is 11.3 Å². The first-order valence-corrected chi connectivity index (χ1v) is 11.7. The smallest absolute Gasteiger partial charge is 0.283 e. The van der Waals surface area contributed by atoms with E-state index in [9.17, 15) is 4.79 Å². The highest BCUT2D eigenvalue weighted by Gasteiger charge is 2.21. The van der Waals surface area contributed by atoms with Crippen LogP contribution < -0.4 is 15.0 Å². The molecule has 1 aliphatic rings. The summed E-state index contributed by atoms with van der Waals surface area (Å²) in [4.78, 5) is 23.0. The quantitative estimate of drug-likeness (QED) is 0.360. The van der Waals surface area contributed by atoms with Crippen LogP contribution in [0, 0.1) is 0 Å². The van der Waals surface area contributed by atoms with Crippen molar-refractivity contribution in [2.24, 2.45) is 4.99 Å². The van der Waals surface area contributed by atoms with Crippen molar-refractivity contribution in [3.05, 3.63) is 94.3 Å². The van der Waals surface area contributed by atoms with Gasteiger partial charge in [0.2, 0.25) is 11.9 Å². The van der Waals surface area contributed by atoms with Crippen LogP contribution in [0.1, 0.15) is 18.1 Å². The molecule has 1 N–H and O–H groups in total. The first kappa shape index (κ1) is 20.4. The maximum absolute atomic E-state index is 13.6. The lowest BCUT2D eigenvalue weighted by Gasteiger charge is -2.04. The second-order valence-electron chi connectivity index (χ2n) is 7.92. The summed E-state index contributed by atoms with van der Waals surface area (Å²) < 4.78 is 13.4. The average molecular weight is 469 g/mol. The number of hydrogen-bond acceptors (Lipinski definition) is 6. The van der Waals surface area contributed by atoms with Gasteiger partial charge >= 0.3 is 0 Å². The molecule has 3 aromatic carbocycles. The van der Waals surface area contributed by atoms with Crippen molar-refractivity contribution in [3.8, 4) is 27.9 Å². The summed E-state index contributed by atoms with van der Waals surface area (Å²) in [5.41, 5.74) is 4.48. The van der Waals surface area contributed by atoms with E-state index in [0.29, 0.717) is 23.0 Å². The fourth-order valence-electron chi connectivity index (χ4n) is 4.01. The number of para-hydroxylation sites is 1. The molecule has 0 spiro atoms. The van der Waals surface area contributed by atoms with Gasteiger partial charge in [-0.1, -0.05) is 59.9 Å². The van der Waals surface area contributed by atoms with Gasteiger partial charge in [0.1, 0.15) is 0 Å². The minimum Gasteiger partial charge on any atom is -0.454 e. The Bertz CT molecular complexity index is 1560. The van der Waals surface area contributed by atoms with Crippen LogP contribution >= 0.6 is 11.3 Å². The largest absolute Gasteiger partial charge is 0.454 e. The van der Waals surface area contributed by atoms with Crippen molar-refractivity contribution in [1.29, 1.82) is 0 Å². The number of thiazole rings is 1. The Morgan fingerprint density at radius 3 is 2.71 bits per heavy atom. The van der Waals surface area contributed by atoms with E-state index in [2.05, 4.69) is 10.1 Å². The molecule has 0 amide bonds. The van der Waals surface area contributed by atoms with E-state index in [-0.39, 0.29) is 12.4 Å². The molecule has 7 nitrogen and oxygen atoms in total. The molecule has 6 rings (SSSR count). The van der Waals surface area contributed by atoms with Crippen molar-refractivity contribution in [2.75, 3.05) is 6.79 Å². The van der Waals surface area contributed by atoms with Gasteiger partial charge in [-0.15, -0.1) is 0 Å². The number of ether oxygens (including phenoxy) is 2. The van der Waals surface area contributed by atoms with Gasteiger partial charge < -0.3 is 9.47 Å². The third-order valence-corrected chi connectivity index (χ3v) is 6.75. The van der Waals surface area contributed by atoms with Gasteiger partial charge in [0.25, 0.3) is 5.56 Å². The fraction of sp³-hybridized carbons (Fsp3) is 0.115. The Labute approximate surface area is 198 Å². The van der Waals surface area contributed by atoms with Gasteiger partial charge in [-0.05, 0) is 36.8 Å². The standard InChI is InChI=1S/C26H20N4O3S/c1-16(27-14-17-11-12-20-21(13-17)33-15-32-20)23-24(18-7-3-2-4-8-18)29-30(25(23)31)26-28-19-9-5-6-10-22(19)34-26/h2-13,29H,14-15H2,1H3. The number of fused-ring (bicyclic) bond motifs is 2. The van der Waals surface area contributed by atoms with Crippen LogP contribution in [0.3, 0.4) is 0 Å². The summed E-state index contributed by atoms with van der Waals surface area (Å²) in [6, 6.07) is 23.4. The molecule has 8 heteroatoms. The maximum atomic E-state index is 13.6. The Morgan fingerprint density at radius 2 is 1.85 bits per heavy atom. The Kier molecular flexibility index (Phi) is 5.00. The minimum absolute atomic E-state index is 0.176. The van der Waals surface area contributed by atoms with E-state index in [1.54, 1.807) is 0 Å². The first-order valence-electron chi connectivity index (χ1n) is 10.8. The SMILES string of the molecule is CC(=NCc1ccc2c(c1)OCO2)c1c(-c2ccccc2)[nH]n(-c2nc3ccccc3s2)c1=O. The molecule has 0 atom stereocenters. The van der Waals surface area contributed by atoms with E-state index in [0.717, 1.165) is 38.5 Å². The highest BCUT2D eigenvalue weighted by atomic mass is 32.1. The second-order valence-corrected chi connectivity index (χ2v) is 8.93. The van der Waals surface area contributed by atoms with E-state index >= 15 is 0 Å². The number of nitrogens with zero attached hydrogens (tertiary/aromatic N) is 3. The predicted molar refractivity (Wildman–Crippen MR) is 133 cm³/mol. The van der Waals surface area contributed by atoms with Gasteiger partial charge in [-0.2, -0.15) is 4.68 Å². The number of nitrogens with one attached hydrogen (secondary N) is 1. The van der Waals surface area contributed by atoms with Crippen molar-refractivity contribution < 1.29 is 9.47 Å². The summed E-state index contributed by atoms with van der Waals surface area (Å²) in [6.07, 6.45) is 0. The fourth-order valence-corrected chi connectivity index (χ4v) is 4.93. The highest BCUT2D eigenvalue weighted by molar-refractivity contribution is 7.20. The third-order valence-electron chi connectivity index (χ3n) is 5.72. The zero-order valence-electron chi connectivity index (χ0n) is 18.3. The van der Waals surface area contributed by atoms with Gasteiger partial charge in [-0.25, -0.2) is 4.98 Å². The van der Waals surface area contributed by atoms with Crippen LogP contribution in [-0.4, -0.2) is 27.3 Å². The van der Waals surface area contributed by atoms with E-state index in [1.807, 2.05) is 79.7 Å². The van der Waals surface area contributed by atoms with Crippen LogP contribution in [0.5, 0.6) is 11.5 Å². The molecule has 168 valence electrons. The molecule has 2 aromatic heterocycles. The lowest BCUT2D eigenvalue weighted by atomic mass is 10.1. The average Bonchev–Trinajstić information content (AvgIpc) is 3.59. The van der Waals surface area contributed by atoms with E-state index in [4.69, 9.17) is 14.5 Å². The molecule has 5 aromatic rings. The first-order chi connectivity index (χ1) is 16.7. The highest BCUT2D eigenvalue weighted by Crippen LogP contribution is 2.33. The monoisotopic (exact) mass is 468 g/mol. The summed E-state index contributed by atoms with van der Waals surface area (Å²) in [7, 11) is 0. The summed E-state index contributed by atoms with van der Waals surface area (Å²) in [5.74, 6) is 1.45. The summed E-state index contributed by atoms with van der Waals surface area (Å²) in [5, 5.41) is 3.89. The molecule has 0 radical (unpaired) electrons. The molecule has 0 unspecified atom stereocenters. The van der Waals surface area contributed by atoms with Gasteiger partial charge in [-0.3, -0.25) is 14.9 Å². The number of rotatable bonds is 5. The van der Waals surface area contributed by atoms with Crippen molar-refractivity contribution >= 4 is 27.3 Å². The molecule has 0 saturated heterocycles. The number of aromatic amines is 1. The molecule has 0 saturated carbocycles. The van der Waals surface area contributed by atoms with Crippen molar-refractivity contribution in [3.63, 3.8) is 0 Å². The van der Waals surface area contributed by atoms with Crippen LogP contribution in [0.25, 0.3) is 26.6 Å². The minimum atomic E-state index is -0.176. The number of aromatic nitrogens is 3. The van der Waals surface area contributed by atoms with E-state index < -0.39 is 0 Å². The topological polar surface area (TPSA) is 81.5 Å². The Morgan fingerprint density at radius 1 is 1.06 bits per heavy atom. The van der Waals surface area contributed by atoms with Crippen LogP contribution in [-0.2, 0) is 6.54 Å².